The quantitative estimate of drug-likeness (QED) is 0.102. The molecule has 0 saturated carbocycles. The molecule has 0 unspecified atom stereocenters. The molecular weight excluding hydrogens is 643 g/mol. The van der Waals surface area contributed by atoms with Gasteiger partial charge in [-0.15, -0.1) is 0 Å². The number of nitro groups is 2. The van der Waals surface area contributed by atoms with Gasteiger partial charge in [-0.1, -0.05) is 0 Å². The molecule has 0 atom stereocenters. The smallest absolute Gasteiger partial charge is 0.545 e. The molecule has 0 fully saturated rings. The number of nitrogens with zero attached hydrogens (tertiary/aromatic N) is 4. The van der Waals surface area contributed by atoms with Crippen LogP contribution in [0.5, 0.6) is 0 Å². The molecule has 0 aliphatic rings. The molecule has 2 aromatic heterocycles. The van der Waals surface area contributed by atoms with Crippen molar-refractivity contribution in [3.63, 3.8) is 0 Å². The first-order chi connectivity index (χ1) is 19.8. The SMILES string of the molecule is NC(=O)c1cccnc1.NC(=O)c1cccnc1.O=C([O-])c1ccc([N+](=O)[O-])cc1.O=C([O-])c1ccc([N+](=O)[O-])cc1.[Mn+2].[OH3+].[OH3+]. The van der Waals surface area contributed by atoms with E-state index in [9.17, 15) is 49.6 Å². The topological polar surface area (TPSA) is 344 Å². The number of aromatic carboxylic acids is 2. The minimum absolute atomic E-state index is 0. The molecule has 1 radical (unpaired) electrons. The summed E-state index contributed by atoms with van der Waals surface area (Å²) >= 11 is 0. The van der Waals surface area contributed by atoms with Gasteiger partial charge in [0.2, 0.25) is 11.8 Å². The Morgan fingerprint density at radius 1 is 0.556 bits per heavy atom. The summed E-state index contributed by atoms with van der Waals surface area (Å²) in [5, 5.41) is 40.7. The summed E-state index contributed by atoms with van der Waals surface area (Å²) in [6, 6.07) is 15.6. The monoisotopic (exact) mass is 669 g/mol. The van der Waals surface area contributed by atoms with Crippen LogP contribution in [0.4, 0.5) is 11.4 Å². The van der Waals surface area contributed by atoms with Gasteiger partial charge in [-0.25, -0.2) is 0 Å². The molecule has 18 nitrogen and oxygen atoms in total. The predicted molar refractivity (Wildman–Crippen MR) is 150 cm³/mol. The third kappa shape index (κ3) is 16.8. The van der Waals surface area contributed by atoms with E-state index in [4.69, 9.17) is 11.5 Å². The summed E-state index contributed by atoms with van der Waals surface area (Å²) in [7, 11) is 0. The van der Waals surface area contributed by atoms with Crippen LogP contribution in [0.3, 0.4) is 0 Å². The average molecular weight is 669 g/mol. The number of hydrogen-bond donors (Lipinski definition) is 2. The molecule has 0 bridgehead atoms. The maximum Gasteiger partial charge on any atom is 2.00 e. The molecule has 2 amide bonds. The summed E-state index contributed by atoms with van der Waals surface area (Å²) in [6.07, 6.45) is 6.05. The number of benzene rings is 2. The average Bonchev–Trinajstić information content (AvgIpc) is 2.99. The van der Waals surface area contributed by atoms with Crippen LogP contribution < -0.4 is 21.7 Å². The van der Waals surface area contributed by atoms with Gasteiger partial charge >= 0.3 is 17.1 Å². The van der Waals surface area contributed by atoms with Crippen LogP contribution >= 0.6 is 0 Å². The molecule has 2 heterocycles. The zero-order valence-electron chi connectivity index (χ0n) is 22.8. The van der Waals surface area contributed by atoms with Gasteiger partial charge in [-0.05, 0) is 59.7 Å². The van der Waals surface area contributed by atoms with Crippen molar-refractivity contribution in [2.75, 3.05) is 0 Å². The number of carboxylic acids is 2. The first-order valence-electron chi connectivity index (χ1n) is 11.1. The number of primary amides is 2. The van der Waals surface area contributed by atoms with Gasteiger partial charge < -0.3 is 42.2 Å². The van der Waals surface area contributed by atoms with Gasteiger partial charge in [0.15, 0.2) is 0 Å². The second kappa shape index (κ2) is 22.5. The minimum Gasteiger partial charge on any atom is -0.545 e. The fourth-order valence-corrected chi connectivity index (χ4v) is 2.46. The van der Waals surface area contributed by atoms with Crippen molar-refractivity contribution in [1.29, 1.82) is 0 Å². The number of non-ortho nitro benzene ring substituents is 2. The van der Waals surface area contributed by atoms with Crippen LogP contribution in [-0.2, 0) is 28.0 Å². The molecular formula is C26H26MnN6O12+2. The number of nitrogens with two attached hydrogens (primary N) is 2. The van der Waals surface area contributed by atoms with Crippen LogP contribution in [0.2, 0.25) is 0 Å². The van der Waals surface area contributed by atoms with Crippen molar-refractivity contribution in [1.82, 2.24) is 9.97 Å². The fourth-order valence-electron chi connectivity index (χ4n) is 2.46. The van der Waals surface area contributed by atoms with Crippen molar-refractivity contribution in [2.24, 2.45) is 11.5 Å². The Balaban J connectivity index is -0.000000515. The van der Waals surface area contributed by atoms with Crippen LogP contribution in [0.1, 0.15) is 41.4 Å². The van der Waals surface area contributed by atoms with E-state index in [1.54, 1.807) is 36.7 Å². The zero-order valence-corrected chi connectivity index (χ0v) is 24.0. The van der Waals surface area contributed by atoms with E-state index < -0.39 is 33.6 Å². The van der Waals surface area contributed by atoms with Crippen LogP contribution in [0.25, 0.3) is 0 Å². The Hall–Kier alpha value is -6.14. The van der Waals surface area contributed by atoms with Gasteiger partial charge in [0.25, 0.3) is 11.4 Å². The molecule has 0 aliphatic heterocycles. The standard InChI is InChI=1S/2C7H5NO4.2C6H6N2O.Mn.2H2O/c2*9-7(10)5-1-3-6(4-2-5)8(11)12;2*7-6(9)5-2-1-3-8-4-5;;;/h2*1-4H,(H,9,10);2*1-4H,(H2,7,9);;2*1H2/q;;;;+2;;. The summed E-state index contributed by atoms with van der Waals surface area (Å²) in [4.78, 5) is 67.6. The van der Waals surface area contributed by atoms with Crippen LogP contribution in [-0.4, -0.2) is 43.6 Å². The third-order valence-electron chi connectivity index (χ3n) is 4.52. The minimum atomic E-state index is -1.34. The largest absolute Gasteiger partial charge is 2.00 e. The van der Waals surface area contributed by atoms with Crippen molar-refractivity contribution >= 4 is 35.1 Å². The predicted octanol–water partition coefficient (Wildman–Crippen LogP) is -1.57. The number of amides is 2. The zero-order chi connectivity index (χ0) is 31.7. The van der Waals surface area contributed by atoms with Gasteiger partial charge in [0.05, 0.1) is 32.9 Å². The van der Waals surface area contributed by atoms with E-state index in [1.807, 2.05) is 0 Å². The maximum absolute atomic E-state index is 10.4. The van der Waals surface area contributed by atoms with Gasteiger partial charge in [-0.3, -0.25) is 39.8 Å². The second-order valence-electron chi connectivity index (χ2n) is 7.39. The number of aromatic nitrogens is 2. The molecule has 0 saturated heterocycles. The third-order valence-corrected chi connectivity index (χ3v) is 4.52. The van der Waals surface area contributed by atoms with E-state index in [1.165, 1.54) is 12.4 Å². The van der Waals surface area contributed by atoms with Gasteiger partial charge in [-0.2, -0.15) is 0 Å². The molecule has 4 aromatic rings. The number of rotatable bonds is 6. The molecule has 45 heavy (non-hydrogen) atoms. The van der Waals surface area contributed by atoms with Crippen LogP contribution in [0.15, 0.2) is 97.6 Å². The Kier molecular flexibility index (Phi) is 21.6. The number of nitro benzene ring substituents is 2. The molecule has 4 rings (SSSR count). The van der Waals surface area contributed by atoms with Crippen molar-refractivity contribution in [3.05, 3.63) is 140 Å². The van der Waals surface area contributed by atoms with E-state index in [0.29, 0.717) is 11.1 Å². The maximum atomic E-state index is 10.4. The summed E-state index contributed by atoms with van der Waals surface area (Å²) in [5.74, 6) is -3.57. The van der Waals surface area contributed by atoms with Crippen molar-refractivity contribution in [3.8, 4) is 0 Å². The van der Waals surface area contributed by atoms with E-state index in [-0.39, 0.29) is 50.5 Å². The van der Waals surface area contributed by atoms with E-state index >= 15 is 0 Å². The molecule has 10 N–H and O–H groups in total. The Labute approximate surface area is 263 Å². The molecule has 0 aliphatic carbocycles. The number of carbonyl (C=O) groups is 4. The van der Waals surface area contributed by atoms with Gasteiger partial charge in [0, 0.05) is 49.1 Å². The number of pyridine rings is 2. The number of carbonyl (C=O) groups excluding carboxylic acids is 4. The van der Waals surface area contributed by atoms with E-state index in [0.717, 1.165) is 48.5 Å². The summed E-state index contributed by atoms with van der Waals surface area (Å²) in [5.41, 5.74) is 10.3. The normalized spacial score (nSPS) is 8.53. The Bertz CT molecular complexity index is 1340. The molecule has 0 spiro atoms. The first-order valence-corrected chi connectivity index (χ1v) is 11.1. The van der Waals surface area contributed by atoms with Gasteiger partial charge in [0.1, 0.15) is 0 Å². The van der Waals surface area contributed by atoms with E-state index in [2.05, 4.69) is 9.97 Å². The fraction of sp³-hybridized carbons (Fsp3) is 0. The molecule has 2 aromatic carbocycles. The van der Waals surface area contributed by atoms with Crippen molar-refractivity contribution in [2.45, 2.75) is 0 Å². The molecule has 237 valence electrons. The number of hydrogen-bond acceptors (Lipinski definition) is 12. The first kappa shape index (κ1) is 43.3. The second-order valence-corrected chi connectivity index (χ2v) is 7.39. The van der Waals surface area contributed by atoms with Crippen molar-refractivity contribution < 1.29 is 67.3 Å². The molecule has 19 heteroatoms. The summed E-state index contributed by atoms with van der Waals surface area (Å²) in [6.45, 7) is 0. The van der Waals surface area contributed by atoms with Crippen LogP contribution in [0, 0.1) is 20.2 Å². The Morgan fingerprint density at radius 3 is 1.00 bits per heavy atom. The Morgan fingerprint density at radius 2 is 0.844 bits per heavy atom. The summed E-state index contributed by atoms with van der Waals surface area (Å²) < 4.78 is 0. The number of carboxylic acid groups (broad SMARTS) is 2.